The van der Waals surface area contributed by atoms with E-state index in [1.54, 1.807) is 5.57 Å². The van der Waals surface area contributed by atoms with E-state index >= 15 is 0 Å². The van der Waals surface area contributed by atoms with E-state index in [4.69, 9.17) is 4.74 Å². The molecule has 3 fully saturated rings. The van der Waals surface area contributed by atoms with Crippen LogP contribution in [0.1, 0.15) is 228 Å². The summed E-state index contributed by atoms with van der Waals surface area (Å²) in [6.45, 7) is 14.8. The van der Waals surface area contributed by atoms with Gasteiger partial charge in [0.05, 0.1) is 0 Å². The van der Waals surface area contributed by atoms with E-state index in [0.717, 1.165) is 119 Å². The number of carbonyl (C=O) groups excluding carboxylic acids is 1. The summed E-state index contributed by atoms with van der Waals surface area (Å²) in [5.41, 5.74) is 2.50. The van der Waals surface area contributed by atoms with Crippen molar-refractivity contribution < 1.29 is 9.53 Å². The van der Waals surface area contributed by atoms with E-state index in [-0.39, 0.29) is 12.1 Å². The minimum Gasteiger partial charge on any atom is -0.462 e. The summed E-state index contributed by atoms with van der Waals surface area (Å²) in [7, 11) is 0. The van der Waals surface area contributed by atoms with Crippen molar-refractivity contribution in [2.75, 3.05) is 0 Å². The summed E-state index contributed by atoms with van der Waals surface area (Å²) in [5.74, 6) is 5.25. The number of rotatable bonds is 33. The smallest absolute Gasteiger partial charge is 0.306 e. The minimum absolute atomic E-state index is 0.0470. The van der Waals surface area contributed by atoms with Gasteiger partial charge in [-0.15, -0.1) is 0 Å². The topological polar surface area (TPSA) is 26.3 Å². The third kappa shape index (κ3) is 20.8. The molecule has 0 saturated heterocycles. The number of unbranched alkanes of at least 4 members (excludes halogenated alkanes) is 7. The van der Waals surface area contributed by atoms with Crippen LogP contribution in [0.25, 0.3) is 0 Å². The van der Waals surface area contributed by atoms with Crippen molar-refractivity contribution in [1.29, 1.82) is 0 Å². The molecule has 0 bridgehead atoms. The fourth-order valence-electron chi connectivity index (χ4n) is 12.9. The first-order chi connectivity index (χ1) is 32.7. The summed E-state index contributed by atoms with van der Waals surface area (Å²) in [6.07, 6.45) is 77.5. The molecule has 4 aliphatic rings. The van der Waals surface area contributed by atoms with Crippen molar-refractivity contribution in [2.45, 2.75) is 234 Å². The number of ether oxygens (including phenoxy) is 1. The average Bonchev–Trinajstić information content (AvgIpc) is 3.67. The molecule has 0 aromatic heterocycles. The van der Waals surface area contributed by atoms with Crippen LogP contribution in [0, 0.1) is 46.3 Å². The fourth-order valence-corrected chi connectivity index (χ4v) is 12.9. The van der Waals surface area contributed by atoms with Crippen LogP contribution in [-0.2, 0) is 9.53 Å². The Morgan fingerprint density at radius 1 is 0.582 bits per heavy atom. The molecule has 8 unspecified atom stereocenters. The van der Waals surface area contributed by atoms with E-state index in [2.05, 4.69) is 157 Å². The van der Waals surface area contributed by atoms with Gasteiger partial charge in [0.1, 0.15) is 6.10 Å². The highest BCUT2D eigenvalue weighted by Gasteiger charge is 2.59. The van der Waals surface area contributed by atoms with Crippen LogP contribution in [0.4, 0.5) is 0 Å². The van der Waals surface area contributed by atoms with Gasteiger partial charge in [0, 0.05) is 12.8 Å². The summed E-state index contributed by atoms with van der Waals surface area (Å²) >= 11 is 0. The standard InChI is InChI=1S/C65H102O2/c1-7-8-9-10-11-12-13-14-15-16-17-18-19-20-21-22-23-24-25-26-27-28-29-30-31-32-33-34-35-36-37-38-39-40-41-45-63(66)67-58-50-52-64(5)57(54-58)46-47-59-61-49-48-60(56(4)44-42-43-55(2)3)65(61,6)53-51-62(59)64/h8-9,11-12,14-15,17-18,20-21,23-24,26-27,29-30,32-33,46,55-56,58-62H,7,10,13,16,19,22,25,28,31,34-45,47-54H2,1-6H3/b9-8-,12-11-,15-14-,18-17-,21-20-,24-23-,27-26-,30-29-,33-32-. The summed E-state index contributed by atoms with van der Waals surface area (Å²) in [5, 5.41) is 0. The van der Waals surface area contributed by atoms with Crippen molar-refractivity contribution in [2.24, 2.45) is 46.3 Å². The van der Waals surface area contributed by atoms with Crippen LogP contribution in [0.15, 0.2) is 121 Å². The van der Waals surface area contributed by atoms with Crippen LogP contribution in [0.5, 0.6) is 0 Å². The molecular weight excluding hydrogens is 813 g/mol. The zero-order valence-electron chi connectivity index (χ0n) is 44.3. The number of hydrogen-bond donors (Lipinski definition) is 0. The van der Waals surface area contributed by atoms with Crippen molar-refractivity contribution in [3.8, 4) is 0 Å². The maximum atomic E-state index is 12.9. The van der Waals surface area contributed by atoms with Gasteiger partial charge in [-0.2, -0.15) is 0 Å². The first-order valence-electron chi connectivity index (χ1n) is 28.4. The Hall–Kier alpha value is -3.13. The molecule has 0 aromatic rings. The first-order valence-corrected chi connectivity index (χ1v) is 28.4. The SMILES string of the molecule is CC/C=C\C/C=C\C/C=C\C/C=C\C/C=C\C/C=C\C/C=C\C/C=C\C/C=C\CCCCCCCCCC(=O)OC1CCC2(C)C(=CCC3C2CCC2(C)C(C(C)CCCC(C)C)CCC32)C1. The average molecular weight is 916 g/mol. The van der Waals surface area contributed by atoms with Gasteiger partial charge in [0.2, 0.25) is 0 Å². The van der Waals surface area contributed by atoms with Crippen molar-refractivity contribution >= 4 is 5.97 Å². The zero-order valence-corrected chi connectivity index (χ0v) is 44.3. The van der Waals surface area contributed by atoms with Crippen molar-refractivity contribution in [3.63, 3.8) is 0 Å². The van der Waals surface area contributed by atoms with Crippen molar-refractivity contribution in [3.05, 3.63) is 121 Å². The zero-order chi connectivity index (χ0) is 47.8. The predicted octanol–water partition coefficient (Wildman–Crippen LogP) is 20.0. The molecule has 3 saturated carbocycles. The molecule has 374 valence electrons. The van der Waals surface area contributed by atoms with Gasteiger partial charge in [-0.1, -0.05) is 214 Å². The van der Waals surface area contributed by atoms with E-state index in [1.165, 1.54) is 96.3 Å². The predicted molar refractivity (Wildman–Crippen MR) is 294 cm³/mol. The van der Waals surface area contributed by atoms with Gasteiger partial charge in [-0.3, -0.25) is 4.79 Å². The summed E-state index contributed by atoms with van der Waals surface area (Å²) in [4.78, 5) is 12.9. The maximum absolute atomic E-state index is 12.9. The van der Waals surface area contributed by atoms with Gasteiger partial charge < -0.3 is 4.74 Å². The Morgan fingerprint density at radius 3 is 1.63 bits per heavy atom. The highest BCUT2D eigenvalue weighted by Crippen LogP contribution is 2.67. The molecule has 2 nitrogen and oxygen atoms in total. The Kier molecular flexibility index (Phi) is 28.2. The second kappa shape index (κ2) is 33.4. The molecule has 67 heavy (non-hydrogen) atoms. The molecule has 0 aliphatic heterocycles. The highest BCUT2D eigenvalue weighted by atomic mass is 16.5. The molecule has 4 aliphatic carbocycles. The Morgan fingerprint density at radius 2 is 1.09 bits per heavy atom. The van der Waals surface area contributed by atoms with Crippen LogP contribution < -0.4 is 0 Å². The van der Waals surface area contributed by atoms with Crippen molar-refractivity contribution in [1.82, 2.24) is 0 Å². The molecule has 0 amide bonds. The molecule has 0 radical (unpaired) electrons. The molecule has 0 heterocycles. The summed E-state index contributed by atoms with van der Waals surface area (Å²) in [6, 6.07) is 0. The number of carbonyl (C=O) groups is 1. The van der Waals surface area contributed by atoms with E-state index in [0.29, 0.717) is 17.3 Å². The fraction of sp³-hybridized carbons (Fsp3) is 0.677. The molecule has 2 heteroatoms. The van der Waals surface area contributed by atoms with Gasteiger partial charge >= 0.3 is 5.97 Å². The number of fused-ring (bicyclic) bond motifs is 5. The Balaban J connectivity index is 0.934. The molecular formula is C65H102O2. The lowest BCUT2D eigenvalue weighted by molar-refractivity contribution is -0.151. The second-order valence-corrected chi connectivity index (χ2v) is 22.2. The lowest BCUT2D eigenvalue weighted by atomic mass is 9.47. The van der Waals surface area contributed by atoms with Gasteiger partial charge in [-0.05, 0) is 168 Å². The highest BCUT2D eigenvalue weighted by molar-refractivity contribution is 5.69. The largest absolute Gasteiger partial charge is 0.462 e. The second-order valence-electron chi connectivity index (χ2n) is 22.2. The van der Waals surface area contributed by atoms with Gasteiger partial charge in [0.25, 0.3) is 0 Å². The number of hydrogen-bond acceptors (Lipinski definition) is 2. The number of allylic oxidation sites excluding steroid dienone is 19. The maximum Gasteiger partial charge on any atom is 0.306 e. The number of esters is 1. The van der Waals surface area contributed by atoms with E-state index in [1.807, 2.05) is 0 Å². The lowest BCUT2D eigenvalue weighted by Gasteiger charge is -2.58. The molecule has 0 aromatic carbocycles. The van der Waals surface area contributed by atoms with Crippen LogP contribution >= 0.6 is 0 Å². The minimum atomic E-state index is 0.0470. The van der Waals surface area contributed by atoms with Crippen LogP contribution in [0.2, 0.25) is 0 Å². The van der Waals surface area contributed by atoms with Gasteiger partial charge in [-0.25, -0.2) is 0 Å². The quantitative estimate of drug-likeness (QED) is 0.0372. The molecule has 0 N–H and O–H groups in total. The Bertz CT molecular complexity index is 1660. The lowest BCUT2D eigenvalue weighted by Crippen LogP contribution is -2.51. The normalized spacial score (nSPS) is 27.4. The third-order valence-corrected chi connectivity index (χ3v) is 16.7. The monoisotopic (exact) mass is 915 g/mol. The van der Waals surface area contributed by atoms with Crippen LogP contribution in [0.3, 0.4) is 0 Å². The van der Waals surface area contributed by atoms with Crippen LogP contribution in [-0.4, -0.2) is 12.1 Å². The summed E-state index contributed by atoms with van der Waals surface area (Å²) < 4.78 is 6.16. The first kappa shape index (κ1) is 56.5. The third-order valence-electron chi connectivity index (χ3n) is 16.7. The Labute approximate surface area is 414 Å². The van der Waals surface area contributed by atoms with Gasteiger partial charge in [0.15, 0.2) is 0 Å². The van der Waals surface area contributed by atoms with E-state index < -0.39 is 0 Å². The molecule has 0 spiro atoms. The molecule has 8 atom stereocenters. The van der Waals surface area contributed by atoms with E-state index in [9.17, 15) is 4.79 Å². The molecule has 4 rings (SSSR count).